The van der Waals surface area contributed by atoms with Crippen LogP contribution in [-0.2, 0) is 12.8 Å². The lowest BCUT2D eigenvalue weighted by Gasteiger charge is -2.26. The third kappa shape index (κ3) is 3.28. The molecule has 0 bridgehead atoms. The summed E-state index contributed by atoms with van der Waals surface area (Å²) < 4.78 is 0. The maximum Gasteiger partial charge on any atom is 0.0610 e. The Kier molecular flexibility index (Phi) is 4.71. The maximum absolute atomic E-state index is 9.34. The normalized spacial score (nSPS) is 17.5. The van der Waals surface area contributed by atoms with Gasteiger partial charge in [0.25, 0.3) is 0 Å². The molecule has 0 aromatic heterocycles. The lowest BCUT2D eigenvalue weighted by Crippen LogP contribution is -2.43. The molecule has 2 N–H and O–H groups in total. The number of likely N-dealkylation sites (N-methyl/N-ethyl adjacent to an activating group) is 1. The average Bonchev–Trinajstić information content (AvgIpc) is 2.86. The Bertz CT molecular complexity index is 401. The molecule has 1 aliphatic rings. The second kappa shape index (κ2) is 6.09. The Balaban J connectivity index is 1.87. The van der Waals surface area contributed by atoms with Crippen LogP contribution in [0, 0.1) is 0 Å². The highest BCUT2D eigenvalue weighted by Gasteiger charge is 2.20. The predicted octanol–water partition coefficient (Wildman–Crippen LogP) is 2.63. The van der Waals surface area contributed by atoms with E-state index in [1.54, 1.807) is 5.56 Å². The highest BCUT2D eigenvalue weighted by molar-refractivity contribution is 7.99. The Labute approximate surface area is 114 Å². The number of nitrogens with one attached hydrogen (secondary N) is 1. The van der Waals surface area contributed by atoms with E-state index in [0.29, 0.717) is 0 Å². The molecule has 2 rings (SSSR count). The van der Waals surface area contributed by atoms with Gasteiger partial charge in [0.05, 0.1) is 6.61 Å². The van der Waals surface area contributed by atoms with Crippen molar-refractivity contribution in [2.45, 2.75) is 43.0 Å². The van der Waals surface area contributed by atoms with Gasteiger partial charge in [0.15, 0.2) is 0 Å². The summed E-state index contributed by atoms with van der Waals surface area (Å²) in [4.78, 5) is 1.37. The molecule has 1 unspecified atom stereocenters. The zero-order valence-electron chi connectivity index (χ0n) is 11.3. The molecule has 1 atom stereocenters. The van der Waals surface area contributed by atoms with Gasteiger partial charge in [-0.05, 0) is 68.7 Å². The minimum atomic E-state index is -0.149. The first-order chi connectivity index (χ1) is 8.67. The summed E-state index contributed by atoms with van der Waals surface area (Å²) in [7, 11) is 1.91. The quantitative estimate of drug-likeness (QED) is 0.776. The number of benzene rings is 1. The number of fused-ring (bicyclic) bond motifs is 1. The van der Waals surface area contributed by atoms with E-state index in [4.69, 9.17) is 0 Å². The molecule has 18 heavy (non-hydrogen) atoms. The fourth-order valence-corrected chi connectivity index (χ4v) is 3.49. The summed E-state index contributed by atoms with van der Waals surface area (Å²) in [6.07, 6.45) is 4.78. The Morgan fingerprint density at radius 1 is 1.33 bits per heavy atom. The van der Waals surface area contributed by atoms with Gasteiger partial charge in [-0.3, -0.25) is 0 Å². The van der Waals surface area contributed by atoms with Gasteiger partial charge >= 0.3 is 0 Å². The van der Waals surface area contributed by atoms with Crippen molar-refractivity contribution in [3.05, 3.63) is 29.3 Å². The van der Waals surface area contributed by atoms with Gasteiger partial charge in [0.2, 0.25) is 0 Å². The van der Waals surface area contributed by atoms with Crippen LogP contribution >= 0.6 is 11.8 Å². The monoisotopic (exact) mass is 265 g/mol. The van der Waals surface area contributed by atoms with Gasteiger partial charge in [-0.1, -0.05) is 6.07 Å². The first-order valence-corrected chi connectivity index (χ1v) is 7.70. The van der Waals surface area contributed by atoms with Crippen molar-refractivity contribution in [2.24, 2.45) is 0 Å². The van der Waals surface area contributed by atoms with Gasteiger partial charge in [-0.2, -0.15) is 0 Å². The number of aryl methyl sites for hydroxylation is 2. The van der Waals surface area contributed by atoms with Crippen LogP contribution < -0.4 is 5.32 Å². The topological polar surface area (TPSA) is 32.3 Å². The number of aliphatic hydroxyl groups is 1. The minimum Gasteiger partial charge on any atom is -0.394 e. The molecule has 0 amide bonds. The number of thioether (sulfide) groups is 1. The number of aliphatic hydroxyl groups excluding tert-OH is 1. The molecule has 0 radical (unpaired) electrons. The van der Waals surface area contributed by atoms with E-state index in [-0.39, 0.29) is 12.1 Å². The van der Waals surface area contributed by atoms with Gasteiger partial charge in [0, 0.05) is 10.4 Å². The van der Waals surface area contributed by atoms with Crippen LogP contribution in [-0.4, -0.2) is 30.1 Å². The molecule has 0 aliphatic heterocycles. The van der Waals surface area contributed by atoms with Crippen LogP contribution in [0.2, 0.25) is 0 Å². The summed E-state index contributed by atoms with van der Waals surface area (Å²) in [6, 6.07) is 6.88. The first kappa shape index (κ1) is 13.9. The summed E-state index contributed by atoms with van der Waals surface area (Å²) in [5, 5.41) is 12.5. The summed E-state index contributed by atoms with van der Waals surface area (Å²) in [6.45, 7) is 2.25. The Morgan fingerprint density at radius 3 is 2.83 bits per heavy atom. The molecule has 0 saturated heterocycles. The standard InChI is InChI=1S/C15H23NOS/c1-15(11-17,16-2)8-9-18-14-7-6-12-4-3-5-13(12)10-14/h6-7,10,16-17H,3-5,8-9,11H2,1-2H3. The predicted molar refractivity (Wildman–Crippen MR) is 78.4 cm³/mol. The second-order valence-electron chi connectivity index (χ2n) is 5.35. The fourth-order valence-electron chi connectivity index (χ4n) is 2.32. The molecule has 2 nitrogen and oxygen atoms in total. The highest BCUT2D eigenvalue weighted by Crippen LogP contribution is 2.28. The van der Waals surface area contributed by atoms with Crippen LogP contribution in [0.25, 0.3) is 0 Å². The first-order valence-electron chi connectivity index (χ1n) is 6.71. The largest absolute Gasteiger partial charge is 0.394 e. The second-order valence-corrected chi connectivity index (χ2v) is 6.52. The van der Waals surface area contributed by atoms with E-state index in [9.17, 15) is 5.11 Å². The van der Waals surface area contributed by atoms with Crippen LogP contribution in [0.15, 0.2) is 23.1 Å². The third-order valence-electron chi connectivity index (χ3n) is 3.95. The highest BCUT2D eigenvalue weighted by atomic mass is 32.2. The van der Waals surface area contributed by atoms with E-state index in [2.05, 4.69) is 30.4 Å². The average molecular weight is 265 g/mol. The molecule has 1 aromatic carbocycles. The number of hydrogen-bond acceptors (Lipinski definition) is 3. The van der Waals surface area contributed by atoms with Crippen molar-refractivity contribution in [3.63, 3.8) is 0 Å². The van der Waals surface area contributed by atoms with Crippen molar-refractivity contribution in [2.75, 3.05) is 19.4 Å². The lowest BCUT2D eigenvalue weighted by atomic mass is 10.0. The molecule has 0 saturated carbocycles. The smallest absolute Gasteiger partial charge is 0.0610 e. The van der Waals surface area contributed by atoms with E-state index < -0.39 is 0 Å². The van der Waals surface area contributed by atoms with Crippen LogP contribution in [0.4, 0.5) is 0 Å². The van der Waals surface area contributed by atoms with Crippen LogP contribution in [0.3, 0.4) is 0 Å². The minimum absolute atomic E-state index is 0.149. The van der Waals surface area contributed by atoms with Gasteiger partial charge in [-0.15, -0.1) is 11.8 Å². The molecule has 0 heterocycles. The number of hydrogen-bond donors (Lipinski definition) is 2. The van der Waals surface area contributed by atoms with Gasteiger partial charge in [0.1, 0.15) is 0 Å². The van der Waals surface area contributed by atoms with Gasteiger partial charge in [-0.25, -0.2) is 0 Å². The SMILES string of the molecule is CNC(C)(CO)CCSc1ccc2c(c1)CCC2. The van der Waals surface area contributed by atoms with Crippen molar-refractivity contribution >= 4 is 11.8 Å². The van der Waals surface area contributed by atoms with E-state index in [1.165, 1.54) is 29.7 Å². The van der Waals surface area contributed by atoms with E-state index in [0.717, 1.165) is 12.2 Å². The summed E-state index contributed by atoms with van der Waals surface area (Å²) in [5.41, 5.74) is 2.93. The molecule has 0 spiro atoms. The van der Waals surface area contributed by atoms with Gasteiger partial charge < -0.3 is 10.4 Å². The summed E-state index contributed by atoms with van der Waals surface area (Å²) in [5.74, 6) is 1.04. The van der Waals surface area contributed by atoms with E-state index in [1.807, 2.05) is 18.8 Å². The molecule has 1 aromatic rings. The van der Waals surface area contributed by atoms with Crippen molar-refractivity contribution in [1.29, 1.82) is 0 Å². The van der Waals surface area contributed by atoms with Crippen molar-refractivity contribution < 1.29 is 5.11 Å². The Hall–Kier alpha value is -0.510. The molecule has 1 aliphatic carbocycles. The zero-order valence-corrected chi connectivity index (χ0v) is 12.1. The van der Waals surface area contributed by atoms with Crippen LogP contribution in [0.5, 0.6) is 0 Å². The van der Waals surface area contributed by atoms with Crippen molar-refractivity contribution in [1.82, 2.24) is 5.32 Å². The van der Waals surface area contributed by atoms with Crippen molar-refractivity contribution in [3.8, 4) is 0 Å². The third-order valence-corrected chi connectivity index (χ3v) is 4.94. The molecular weight excluding hydrogens is 242 g/mol. The fraction of sp³-hybridized carbons (Fsp3) is 0.600. The lowest BCUT2D eigenvalue weighted by molar-refractivity contribution is 0.179. The maximum atomic E-state index is 9.34. The number of rotatable bonds is 6. The summed E-state index contributed by atoms with van der Waals surface area (Å²) >= 11 is 1.89. The molecule has 100 valence electrons. The molecule has 3 heteroatoms. The van der Waals surface area contributed by atoms with E-state index >= 15 is 0 Å². The molecular formula is C15H23NOS. The Morgan fingerprint density at radius 2 is 2.11 bits per heavy atom. The van der Waals surface area contributed by atoms with Crippen LogP contribution in [0.1, 0.15) is 30.9 Å². The zero-order chi connectivity index (χ0) is 13.0. The molecule has 0 fully saturated rings.